The average Bonchev–Trinajstić information content (AvgIpc) is 3.65. The van der Waals surface area contributed by atoms with Crippen molar-refractivity contribution in [1.29, 1.82) is 0 Å². The molecule has 2 N–H and O–H groups in total. The molecule has 1 amide bonds. The van der Waals surface area contributed by atoms with E-state index in [-0.39, 0.29) is 28.4 Å². The molecule has 1 saturated carbocycles. The smallest absolute Gasteiger partial charge is 0.322 e. The number of nitrogens with one attached hydrogen (secondary N) is 2. The second kappa shape index (κ2) is 9.18. The number of fused-ring (bicyclic) bond motifs is 1. The van der Waals surface area contributed by atoms with Gasteiger partial charge in [0.05, 0.1) is 10.9 Å². The fourth-order valence-corrected chi connectivity index (χ4v) is 4.93. The molecule has 0 radical (unpaired) electrons. The molecule has 1 saturated heterocycles. The second-order valence-electron chi connectivity index (χ2n) is 9.70. The number of aromatic amines is 1. The number of anilines is 1. The van der Waals surface area contributed by atoms with Crippen LogP contribution in [0, 0.1) is 5.92 Å². The summed E-state index contributed by atoms with van der Waals surface area (Å²) in [6, 6.07) is 9.59. The highest BCUT2D eigenvalue weighted by atomic mass is 16.2. The maximum Gasteiger partial charge on any atom is 0.329 e. The first-order chi connectivity index (χ1) is 16.4. The first-order valence-electron chi connectivity index (χ1n) is 12.2. The maximum absolute atomic E-state index is 13.3. The molecule has 1 aliphatic heterocycles. The van der Waals surface area contributed by atoms with Gasteiger partial charge in [0.15, 0.2) is 5.65 Å². The molecule has 5 rings (SSSR count). The number of aromatic nitrogens is 3. The van der Waals surface area contributed by atoms with Crippen LogP contribution in [0.25, 0.3) is 11.0 Å². The molecule has 2 fully saturated rings. The summed E-state index contributed by atoms with van der Waals surface area (Å²) in [5.74, 6) is 0.626. The lowest BCUT2D eigenvalue weighted by atomic mass is 10.00. The van der Waals surface area contributed by atoms with Crippen molar-refractivity contribution in [3.63, 3.8) is 0 Å². The van der Waals surface area contributed by atoms with Crippen molar-refractivity contribution in [3.8, 4) is 0 Å². The Morgan fingerprint density at radius 2 is 1.94 bits per heavy atom. The highest BCUT2D eigenvalue weighted by Crippen LogP contribution is 2.40. The van der Waals surface area contributed by atoms with Gasteiger partial charge in [-0.2, -0.15) is 0 Å². The van der Waals surface area contributed by atoms with Crippen molar-refractivity contribution < 1.29 is 4.79 Å². The van der Waals surface area contributed by atoms with Crippen LogP contribution in [-0.4, -0.2) is 38.4 Å². The Morgan fingerprint density at radius 3 is 2.62 bits per heavy atom. The van der Waals surface area contributed by atoms with Gasteiger partial charge in [-0.15, -0.1) is 0 Å². The van der Waals surface area contributed by atoms with Crippen LogP contribution in [0.3, 0.4) is 0 Å². The number of benzene rings is 1. The zero-order chi connectivity index (χ0) is 23.8. The Balaban J connectivity index is 1.42. The standard InChI is InChI=1S/C26H31N5O3/c1-3-31-23-22(25(33)29-26(31)34)20(13-21(28-23)18-8-9-18)24(32)27-19-10-6-17(7-11-19)15-30-12-4-5-16(2)14-30/h6-7,10-11,13,16,18H,3-5,8-9,12,14-15H2,1-2H3,(H,27,32)(H,29,33,34). The molecular weight excluding hydrogens is 430 g/mol. The summed E-state index contributed by atoms with van der Waals surface area (Å²) in [5.41, 5.74) is 2.07. The number of hydrogen-bond acceptors (Lipinski definition) is 5. The van der Waals surface area contributed by atoms with Crippen LogP contribution >= 0.6 is 0 Å². The number of likely N-dealkylation sites (tertiary alicyclic amines) is 1. The highest BCUT2D eigenvalue weighted by molar-refractivity contribution is 6.11. The topological polar surface area (TPSA) is 100 Å². The van der Waals surface area contributed by atoms with E-state index in [1.54, 1.807) is 6.07 Å². The van der Waals surface area contributed by atoms with Crippen molar-refractivity contribution in [2.75, 3.05) is 18.4 Å². The predicted molar refractivity (Wildman–Crippen MR) is 132 cm³/mol. The number of nitrogens with zero attached hydrogens (tertiary/aromatic N) is 3. The minimum absolute atomic E-state index is 0.152. The number of carbonyl (C=O) groups is 1. The van der Waals surface area contributed by atoms with E-state index in [0.717, 1.165) is 44.1 Å². The Labute approximate surface area is 198 Å². The summed E-state index contributed by atoms with van der Waals surface area (Å²) in [6.45, 7) is 7.62. The van der Waals surface area contributed by atoms with E-state index < -0.39 is 11.2 Å². The summed E-state index contributed by atoms with van der Waals surface area (Å²) in [4.78, 5) is 47.7. The van der Waals surface area contributed by atoms with Gasteiger partial charge in [0.25, 0.3) is 11.5 Å². The van der Waals surface area contributed by atoms with E-state index in [4.69, 9.17) is 0 Å². The molecule has 2 aliphatic rings. The fraction of sp³-hybridized carbons (Fsp3) is 0.462. The first-order valence-corrected chi connectivity index (χ1v) is 12.2. The van der Waals surface area contributed by atoms with E-state index in [1.165, 1.54) is 23.0 Å². The SMILES string of the molecule is CCn1c(=O)[nH]c(=O)c2c(C(=O)Nc3ccc(CN4CCCC(C)C4)cc3)cc(C3CC3)nc21. The van der Waals surface area contributed by atoms with Crippen LogP contribution in [0.2, 0.25) is 0 Å². The molecule has 0 bridgehead atoms. The Hall–Kier alpha value is -3.26. The third-order valence-corrected chi connectivity index (χ3v) is 6.88. The largest absolute Gasteiger partial charge is 0.329 e. The number of pyridine rings is 1. The van der Waals surface area contributed by atoms with Gasteiger partial charge in [-0.05, 0) is 68.8 Å². The minimum atomic E-state index is -0.587. The molecule has 1 aliphatic carbocycles. The fourth-order valence-electron chi connectivity index (χ4n) is 4.93. The van der Waals surface area contributed by atoms with Crippen molar-refractivity contribution >= 4 is 22.6 Å². The normalized spacial score (nSPS) is 18.8. The summed E-state index contributed by atoms with van der Waals surface area (Å²) < 4.78 is 1.41. The van der Waals surface area contributed by atoms with Crippen molar-refractivity contribution in [1.82, 2.24) is 19.4 Å². The van der Waals surface area contributed by atoms with Gasteiger partial charge >= 0.3 is 5.69 Å². The molecule has 34 heavy (non-hydrogen) atoms. The molecule has 0 spiro atoms. The summed E-state index contributed by atoms with van der Waals surface area (Å²) >= 11 is 0. The summed E-state index contributed by atoms with van der Waals surface area (Å²) in [5, 5.41) is 3.09. The van der Waals surface area contributed by atoms with Crippen molar-refractivity contribution in [2.45, 2.75) is 58.5 Å². The van der Waals surface area contributed by atoms with Gasteiger partial charge in [0.1, 0.15) is 0 Å². The van der Waals surface area contributed by atoms with E-state index in [2.05, 4.69) is 27.1 Å². The van der Waals surface area contributed by atoms with Gasteiger partial charge in [0, 0.05) is 36.9 Å². The number of amides is 1. The Bertz CT molecular complexity index is 1340. The maximum atomic E-state index is 13.3. The minimum Gasteiger partial charge on any atom is -0.322 e. The van der Waals surface area contributed by atoms with E-state index in [9.17, 15) is 14.4 Å². The van der Waals surface area contributed by atoms with Crippen molar-refractivity contribution in [3.05, 3.63) is 68.0 Å². The number of aryl methyl sites for hydroxylation is 1. The number of piperidine rings is 1. The zero-order valence-electron chi connectivity index (χ0n) is 19.8. The van der Waals surface area contributed by atoms with E-state index in [0.29, 0.717) is 12.2 Å². The summed E-state index contributed by atoms with van der Waals surface area (Å²) in [7, 11) is 0. The molecule has 8 heteroatoms. The van der Waals surface area contributed by atoms with Crippen LogP contribution in [0.4, 0.5) is 5.69 Å². The monoisotopic (exact) mass is 461 g/mol. The summed E-state index contributed by atoms with van der Waals surface area (Å²) in [6.07, 6.45) is 4.53. The van der Waals surface area contributed by atoms with Gasteiger partial charge in [-0.25, -0.2) is 9.78 Å². The molecule has 1 unspecified atom stereocenters. The number of hydrogen-bond donors (Lipinski definition) is 2. The quantitative estimate of drug-likeness (QED) is 0.586. The van der Waals surface area contributed by atoms with Gasteiger partial charge < -0.3 is 5.32 Å². The van der Waals surface area contributed by atoms with Crippen LogP contribution < -0.4 is 16.6 Å². The van der Waals surface area contributed by atoms with E-state index in [1.807, 2.05) is 31.2 Å². The predicted octanol–water partition coefficient (Wildman–Crippen LogP) is 3.47. The molecule has 3 aromatic rings. The van der Waals surface area contributed by atoms with Crippen LogP contribution in [-0.2, 0) is 13.1 Å². The van der Waals surface area contributed by atoms with E-state index >= 15 is 0 Å². The Kier molecular flexibility index (Phi) is 6.08. The lowest BCUT2D eigenvalue weighted by Crippen LogP contribution is -2.33. The lowest BCUT2D eigenvalue weighted by molar-refractivity contribution is 0.102. The molecular formula is C26H31N5O3. The lowest BCUT2D eigenvalue weighted by Gasteiger charge is -2.30. The molecule has 8 nitrogen and oxygen atoms in total. The van der Waals surface area contributed by atoms with Crippen LogP contribution in [0.1, 0.15) is 67.1 Å². The molecule has 2 aromatic heterocycles. The van der Waals surface area contributed by atoms with Crippen molar-refractivity contribution in [2.24, 2.45) is 5.92 Å². The molecule has 1 atom stereocenters. The average molecular weight is 462 g/mol. The number of carbonyl (C=O) groups excluding carboxylic acids is 1. The third-order valence-electron chi connectivity index (χ3n) is 6.88. The van der Waals surface area contributed by atoms with Gasteiger partial charge in [-0.1, -0.05) is 19.1 Å². The molecule has 1 aromatic carbocycles. The van der Waals surface area contributed by atoms with Gasteiger partial charge in [0.2, 0.25) is 0 Å². The van der Waals surface area contributed by atoms with Crippen LogP contribution in [0.5, 0.6) is 0 Å². The first kappa shape index (κ1) is 22.5. The molecule has 3 heterocycles. The van der Waals surface area contributed by atoms with Crippen LogP contribution in [0.15, 0.2) is 39.9 Å². The van der Waals surface area contributed by atoms with Gasteiger partial charge in [-0.3, -0.25) is 24.0 Å². The number of rotatable bonds is 6. The Morgan fingerprint density at radius 1 is 1.18 bits per heavy atom. The second-order valence-corrected chi connectivity index (χ2v) is 9.70. The molecule has 178 valence electrons. The zero-order valence-corrected chi connectivity index (χ0v) is 19.8. The highest BCUT2D eigenvalue weighted by Gasteiger charge is 2.28. The number of H-pyrrole nitrogens is 1. The third kappa shape index (κ3) is 4.55.